The molecule has 21 heavy (non-hydrogen) atoms. The van der Waals surface area contributed by atoms with E-state index in [2.05, 4.69) is 26.5 Å². The fourth-order valence-electron chi connectivity index (χ4n) is 2.98. The molecular weight excluding hydrogens is 264 g/mol. The van der Waals surface area contributed by atoms with Gasteiger partial charge >= 0.3 is 0 Å². The summed E-state index contributed by atoms with van der Waals surface area (Å²) in [6, 6.07) is 2.09. The van der Waals surface area contributed by atoms with Gasteiger partial charge in [-0.2, -0.15) is 5.10 Å². The van der Waals surface area contributed by atoms with Gasteiger partial charge in [-0.25, -0.2) is 0 Å². The standard InChI is InChI=1S/C16H26N4O/c21-16(12-20-8-4-2-1-3-5-9-20)17-11-14-10-15(19-18-14)13-6-7-13/h10,13H,1-9,11-12H2,(H,17,21)(H,18,19). The quantitative estimate of drug-likeness (QED) is 0.873. The van der Waals surface area contributed by atoms with Gasteiger partial charge in [0, 0.05) is 5.92 Å². The highest BCUT2D eigenvalue weighted by Gasteiger charge is 2.26. The molecule has 1 aliphatic carbocycles. The molecule has 0 unspecified atom stereocenters. The first-order chi connectivity index (χ1) is 10.3. The third-order valence-electron chi connectivity index (χ3n) is 4.44. The van der Waals surface area contributed by atoms with Gasteiger partial charge in [0.2, 0.25) is 5.91 Å². The number of H-pyrrole nitrogens is 1. The van der Waals surface area contributed by atoms with Crippen LogP contribution in [0.4, 0.5) is 0 Å². The normalized spacial score (nSPS) is 20.8. The Hall–Kier alpha value is -1.36. The lowest BCUT2D eigenvalue weighted by atomic mass is 10.1. The van der Waals surface area contributed by atoms with Crippen molar-refractivity contribution in [1.29, 1.82) is 0 Å². The van der Waals surface area contributed by atoms with Crippen LogP contribution in [0.2, 0.25) is 0 Å². The van der Waals surface area contributed by atoms with Crippen LogP contribution in [0.25, 0.3) is 0 Å². The number of hydrogen-bond acceptors (Lipinski definition) is 3. The van der Waals surface area contributed by atoms with Crippen molar-refractivity contribution in [3.05, 3.63) is 17.5 Å². The van der Waals surface area contributed by atoms with Gasteiger partial charge < -0.3 is 5.32 Å². The van der Waals surface area contributed by atoms with Crippen LogP contribution in [-0.4, -0.2) is 40.6 Å². The molecule has 1 amide bonds. The number of carbonyl (C=O) groups is 1. The second-order valence-corrected chi connectivity index (χ2v) is 6.41. The second kappa shape index (κ2) is 7.07. The summed E-state index contributed by atoms with van der Waals surface area (Å²) in [6.07, 6.45) is 8.91. The third kappa shape index (κ3) is 4.56. The molecular formula is C16H26N4O. The minimum Gasteiger partial charge on any atom is -0.349 e. The number of amides is 1. The average molecular weight is 290 g/mol. The number of carbonyl (C=O) groups excluding carboxylic acids is 1. The molecule has 1 aromatic rings. The SMILES string of the molecule is O=C(CN1CCCCCCC1)NCc1cc(C2CC2)n[nH]1. The van der Waals surface area contributed by atoms with E-state index in [0.717, 1.165) is 24.5 Å². The van der Waals surface area contributed by atoms with Crippen LogP contribution in [0.5, 0.6) is 0 Å². The molecule has 5 heteroatoms. The van der Waals surface area contributed by atoms with Gasteiger partial charge in [0.05, 0.1) is 24.5 Å². The van der Waals surface area contributed by atoms with Crippen LogP contribution in [0.15, 0.2) is 6.07 Å². The molecule has 0 aromatic carbocycles. The van der Waals surface area contributed by atoms with Crippen LogP contribution in [-0.2, 0) is 11.3 Å². The van der Waals surface area contributed by atoms with Gasteiger partial charge in [-0.3, -0.25) is 14.8 Å². The first-order valence-electron chi connectivity index (χ1n) is 8.34. The maximum Gasteiger partial charge on any atom is 0.234 e. The van der Waals surface area contributed by atoms with Crippen molar-refractivity contribution in [3.8, 4) is 0 Å². The van der Waals surface area contributed by atoms with Gasteiger partial charge in [-0.15, -0.1) is 0 Å². The lowest BCUT2D eigenvalue weighted by Gasteiger charge is -2.23. The van der Waals surface area contributed by atoms with Crippen LogP contribution in [0, 0.1) is 0 Å². The van der Waals surface area contributed by atoms with E-state index in [1.54, 1.807) is 0 Å². The third-order valence-corrected chi connectivity index (χ3v) is 4.44. The van der Waals surface area contributed by atoms with Crippen molar-refractivity contribution < 1.29 is 4.79 Å². The summed E-state index contributed by atoms with van der Waals surface area (Å²) >= 11 is 0. The molecule has 3 rings (SSSR count). The van der Waals surface area contributed by atoms with E-state index < -0.39 is 0 Å². The first-order valence-corrected chi connectivity index (χ1v) is 8.34. The summed E-state index contributed by atoms with van der Waals surface area (Å²) in [5.74, 6) is 0.782. The van der Waals surface area contributed by atoms with E-state index in [0.29, 0.717) is 19.0 Å². The summed E-state index contributed by atoms with van der Waals surface area (Å²) in [4.78, 5) is 14.3. The summed E-state index contributed by atoms with van der Waals surface area (Å²) < 4.78 is 0. The number of hydrogen-bond donors (Lipinski definition) is 2. The molecule has 2 fully saturated rings. The fourth-order valence-corrected chi connectivity index (χ4v) is 2.98. The maximum absolute atomic E-state index is 12.0. The van der Waals surface area contributed by atoms with Gasteiger partial charge in [0.1, 0.15) is 0 Å². The number of aromatic nitrogens is 2. The van der Waals surface area contributed by atoms with Crippen molar-refractivity contribution in [2.75, 3.05) is 19.6 Å². The molecule has 5 nitrogen and oxygen atoms in total. The van der Waals surface area contributed by atoms with Crippen LogP contribution >= 0.6 is 0 Å². The van der Waals surface area contributed by atoms with Gasteiger partial charge in [0.15, 0.2) is 0 Å². The summed E-state index contributed by atoms with van der Waals surface area (Å²) in [6.45, 7) is 3.21. The van der Waals surface area contributed by atoms with Crippen molar-refractivity contribution in [2.24, 2.45) is 0 Å². The molecule has 2 aliphatic rings. The van der Waals surface area contributed by atoms with E-state index in [-0.39, 0.29) is 5.91 Å². The summed E-state index contributed by atoms with van der Waals surface area (Å²) in [7, 11) is 0. The highest BCUT2D eigenvalue weighted by atomic mass is 16.2. The number of aromatic amines is 1. The Morgan fingerprint density at radius 2 is 1.95 bits per heavy atom. The van der Waals surface area contributed by atoms with E-state index >= 15 is 0 Å². The van der Waals surface area contributed by atoms with E-state index in [4.69, 9.17) is 0 Å². The average Bonchev–Trinajstić information content (AvgIpc) is 3.19. The lowest BCUT2D eigenvalue weighted by molar-refractivity contribution is -0.122. The molecule has 0 radical (unpaired) electrons. The predicted octanol–water partition coefficient (Wildman–Crippen LogP) is 2.17. The molecule has 116 valence electrons. The number of nitrogens with one attached hydrogen (secondary N) is 2. The highest BCUT2D eigenvalue weighted by molar-refractivity contribution is 5.77. The van der Waals surface area contributed by atoms with Crippen molar-refractivity contribution in [3.63, 3.8) is 0 Å². The molecule has 0 atom stereocenters. The topological polar surface area (TPSA) is 61.0 Å². The Kier molecular flexibility index (Phi) is 4.91. The largest absolute Gasteiger partial charge is 0.349 e. The Morgan fingerprint density at radius 1 is 1.24 bits per heavy atom. The Bertz CT molecular complexity index is 459. The predicted molar refractivity (Wildman–Crippen MR) is 81.9 cm³/mol. The van der Waals surface area contributed by atoms with Gasteiger partial charge in [-0.05, 0) is 44.8 Å². The zero-order valence-corrected chi connectivity index (χ0v) is 12.7. The summed E-state index contributed by atoms with van der Waals surface area (Å²) in [5.41, 5.74) is 2.17. The van der Waals surface area contributed by atoms with Crippen molar-refractivity contribution in [1.82, 2.24) is 20.4 Å². The Balaban J connectivity index is 1.40. The number of nitrogens with zero attached hydrogens (tertiary/aromatic N) is 2. The smallest absolute Gasteiger partial charge is 0.234 e. The molecule has 0 spiro atoms. The Labute approximate surface area is 126 Å². The van der Waals surface area contributed by atoms with Gasteiger partial charge in [0.25, 0.3) is 0 Å². The molecule has 1 saturated carbocycles. The van der Waals surface area contributed by atoms with Crippen molar-refractivity contribution >= 4 is 5.91 Å². The molecule has 2 heterocycles. The zero-order valence-electron chi connectivity index (χ0n) is 12.7. The second-order valence-electron chi connectivity index (χ2n) is 6.41. The highest BCUT2D eigenvalue weighted by Crippen LogP contribution is 2.38. The Morgan fingerprint density at radius 3 is 2.67 bits per heavy atom. The lowest BCUT2D eigenvalue weighted by Crippen LogP contribution is -2.38. The minimum absolute atomic E-state index is 0.123. The maximum atomic E-state index is 12.0. The zero-order chi connectivity index (χ0) is 14.5. The van der Waals surface area contributed by atoms with E-state index in [1.807, 2.05) is 0 Å². The molecule has 0 bridgehead atoms. The van der Waals surface area contributed by atoms with E-state index in [9.17, 15) is 4.79 Å². The number of rotatable bonds is 5. The molecule has 2 N–H and O–H groups in total. The molecule has 1 aromatic heterocycles. The molecule has 1 aliphatic heterocycles. The van der Waals surface area contributed by atoms with Crippen LogP contribution in [0.1, 0.15) is 62.3 Å². The fraction of sp³-hybridized carbons (Fsp3) is 0.750. The minimum atomic E-state index is 0.123. The number of likely N-dealkylation sites (tertiary alicyclic amines) is 1. The molecule has 1 saturated heterocycles. The first kappa shape index (κ1) is 14.6. The van der Waals surface area contributed by atoms with Crippen LogP contribution < -0.4 is 5.32 Å². The van der Waals surface area contributed by atoms with Gasteiger partial charge in [-0.1, -0.05) is 19.3 Å². The van der Waals surface area contributed by atoms with Crippen molar-refractivity contribution in [2.45, 2.75) is 57.4 Å². The van der Waals surface area contributed by atoms with Crippen LogP contribution in [0.3, 0.4) is 0 Å². The van der Waals surface area contributed by atoms with E-state index in [1.165, 1.54) is 44.9 Å². The monoisotopic (exact) mass is 290 g/mol. The summed E-state index contributed by atoms with van der Waals surface area (Å²) in [5, 5.41) is 10.3.